The molecule has 4 nitrogen and oxygen atoms in total. The van der Waals surface area contributed by atoms with Gasteiger partial charge in [0.2, 0.25) is 5.91 Å². The van der Waals surface area contributed by atoms with Crippen LogP contribution in [0.15, 0.2) is 29.6 Å². The van der Waals surface area contributed by atoms with Crippen molar-refractivity contribution < 1.29 is 22.7 Å². The van der Waals surface area contributed by atoms with Crippen molar-refractivity contribution in [3.63, 3.8) is 0 Å². The number of rotatable bonds is 8. The Hall–Kier alpha value is -1.74. The first kappa shape index (κ1) is 19.6. The average molecular weight is 390 g/mol. The predicted octanol–water partition coefficient (Wildman–Crippen LogP) is 3.94. The number of hydrogen-bond acceptors (Lipinski definition) is 5. The van der Waals surface area contributed by atoms with E-state index in [0.717, 1.165) is 10.7 Å². The van der Waals surface area contributed by atoms with Gasteiger partial charge in [-0.2, -0.15) is 13.2 Å². The van der Waals surface area contributed by atoms with Gasteiger partial charge < -0.3 is 10.1 Å². The number of aryl methyl sites for hydroxylation is 1. The van der Waals surface area contributed by atoms with Crippen LogP contribution in [0.5, 0.6) is 5.75 Å². The number of ether oxygens (including phenoxy) is 1. The molecule has 1 N–H and O–H groups in total. The molecule has 25 heavy (non-hydrogen) atoms. The van der Waals surface area contributed by atoms with E-state index < -0.39 is 12.8 Å². The van der Waals surface area contributed by atoms with Gasteiger partial charge in [-0.25, -0.2) is 4.98 Å². The number of thiazole rings is 1. The lowest BCUT2D eigenvalue weighted by Gasteiger charge is -2.10. The van der Waals surface area contributed by atoms with Crippen LogP contribution in [0.3, 0.4) is 0 Å². The first-order chi connectivity index (χ1) is 11.8. The maximum Gasteiger partial charge on any atom is 0.422 e. The van der Waals surface area contributed by atoms with E-state index in [4.69, 9.17) is 0 Å². The molecule has 0 aliphatic heterocycles. The molecular formula is C16H17F3N2O2S2. The molecule has 0 saturated heterocycles. The summed E-state index contributed by atoms with van der Waals surface area (Å²) < 4.78 is 41.1. The Morgan fingerprint density at radius 3 is 2.88 bits per heavy atom. The van der Waals surface area contributed by atoms with Gasteiger partial charge in [0.05, 0.1) is 16.5 Å². The Kier molecular flexibility index (Phi) is 7.12. The number of carbonyl (C=O) groups is 1. The zero-order valence-corrected chi connectivity index (χ0v) is 15.1. The van der Waals surface area contributed by atoms with E-state index in [2.05, 4.69) is 15.0 Å². The molecule has 1 heterocycles. The number of amides is 1. The largest absolute Gasteiger partial charge is 0.484 e. The summed E-state index contributed by atoms with van der Waals surface area (Å²) in [5, 5.41) is 5.69. The minimum absolute atomic E-state index is 0.123. The summed E-state index contributed by atoms with van der Waals surface area (Å²) in [5.74, 6) is 0.940. The number of aromatic nitrogens is 1. The Morgan fingerprint density at radius 2 is 2.20 bits per heavy atom. The van der Waals surface area contributed by atoms with E-state index >= 15 is 0 Å². The van der Waals surface area contributed by atoms with E-state index in [-0.39, 0.29) is 18.2 Å². The highest BCUT2D eigenvalue weighted by molar-refractivity contribution is 7.99. The summed E-state index contributed by atoms with van der Waals surface area (Å²) in [7, 11) is 0. The highest BCUT2D eigenvalue weighted by Gasteiger charge is 2.28. The SMILES string of the molecule is Cc1nc(CSCC(=O)NCc2cccc(OCC(F)(F)F)c2)cs1. The number of halogens is 3. The molecule has 0 unspecified atom stereocenters. The van der Waals surface area contributed by atoms with Gasteiger partial charge in [0.25, 0.3) is 0 Å². The third kappa shape index (κ3) is 7.78. The Morgan fingerprint density at radius 1 is 1.40 bits per heavy atom. The molecule has 9 heteroatoms. The van der Waals surface area contributed by atoms with Crippen molar-refractivity contribution in [1.82, 2.24) is 10.3 Å². The zero-order valence-electron chi connectivity index (χ0n) is 13.4. The fourth-order valence-electron chi connectivity index (χ4n) is 1.88. The smallest absolute Gasteiger partial charge is 0.422 e. The van der Waals surface area contributed by atoms with E-state index in [1.807, 2.05) is 12.3 Å². The predicted molar refractivity (Wildman–Crippen MR) is 92.9 cm³/mol. The molecule has 2 rings (SSSR count). The van der Waals surface area contributed by atoms with Crippen molar-refractivity contribution in [1.29, 1.82) is 0 Å². The number of alkyl halides is 3. The van der Waals surface area contributed by atoms with Crippen molar-refractivity contribution in [2.24, 2.45) is 0 Å². The summed E-state index contributed by atoms with van der Waals surface area (Å²) in [5.41, 5.74) is 1.63. The van der Waals surface area contributed by atoms with Crippen LogP contribution in [-0.2, 0) is 17.1 Å². The van der Waals surface area contributed by atoms with Crippen LogP contribution in [0, 0.1) is 6.92 Å². The molecule has 2 aromatic rings. The quantitative estimate of drug-likeness (QED) is 0.742. The van der Waals surface area contributed by atoms with Crippen molar-refractivity contribution in [3.05, 3.63) is 45.9 Å². The molecule has 0 aliphatic carbocycles. The van der Waals surface area contributed by atoms with Crippen molar-refractivity contribution in [3.8, 4) is 5.75 Å². The van der Waals surface area contributed by atoms with Gasteiger partial charge in [-0.1, -0.05) is 12.1 Å². The van der Waals surface area contributed by atoms with E-state index in [9.17, 15) is 18.0 Å². The molecule has 1 amide bonds. The molecule has 0 radical (unpaired) electrons. The van der Waals surface area contributed by atoms with Gasteiger partial charge in [0.1, 0.15) is 5.75 Å². The molecule has 0 saturated carbocycles. The highest BCUT2D eigenvalue weighted by atomic mass is 32.2. The zero-order chi connectivity index (χ0) is 18.3. The lowest BCUT2D eigenvalue weighted by molar-refractivity contribution is -0.153. The third-order valence-electron chi connectivity index (χ3n) is 2.94. The van der Waals surface area contributed by atoms with Gasteiger partial charge >= 0.3 is 6.18 Å². The first-order valence-corrected chi connectivity index (χ1v) is 9.39. The molecular weight excluding hydrogens is 373 g/mol. The van der Waals surface area contributed by atoms with Gasteiger partial charge in [0.15, 0.2) is 6.61 Å². The second-order valence-corrected chi connectivity index (χ2v) is 7.23. The van der Waals surface area contributed by atoms with Gasteiger partial charge in [0, 0.05) is 17.7 Å². The van der Waals surface area contributed by atoms with Crippen LogP contribution in [0.2, 0.25) is 0 Å². The Balaban J connectivity index is 1.71. The monoisotopic (exact) mass is 390 g/mol. The highest BCUT2D eigenvalue weighted by Crippen LogP contribution is 2.19. The number of thioether (sulfide) groups is 1. The molecule has 0 spiro atoms. The van der Waals surface area contributed by atoms with Crippen molar-refractivity contribution in [2.45, 2.75) is 25.4 Å². The number of nitrogens with one attached hydrogen (secondary N) is 1. The summed E-state index contributed by atoms with van der Waals surface area (Å²) in [4.78, 5) is 16.1. The van der Waals surface area contributed by atoms with Crippen LogP contribution in [0.4, 0.5) is 13.2 Å². The molecule has 0 aliphatic rings. The number of nitrogens with zero attached hydrogens (tertiary/aromatic N) is 1. The Labute approximate surface area is 151 Å². The van der Waals surface area contributed by atoms with Gasteiger partial charge in [-0.15, -0.1) is 23.1 Å². The van der Waals surface area contributed by atoms with Gasteiger partial charge in [-0.05, 0) is 24.6 Å². The fourth-order valence-corrected chi connectivity index (χ4v) is 3.35. The normalized spacial score (nSPS) is 11.4. The lowest BCUT2D eigenvalue weighted by Crippen LogP contribution is -2.24. The molecule has 0 fully saturated rings. The molecule has 136 valence electrons. The number of hydrogen-bond donors (Lipinski definition) is 1. The molecule has 1 aromatic heterocycles. The summed E-state index contributed by atoms with van der Waals surface area (Å²) in [6, 6.07) is 6.23. The van der Waals surface area contributed by atoms with Crippen LogP contribution in [0.1, 0.15) is 16.3 Å². The lowest BCUT2D eigenvalue weighted by atomic mass is 10.2. The Bertz CT molecular complexity index is 705. The summed E-state index contributed by atoms with van der Waals surface area (Å²) >= 11 is 3.03. The third-order valence-corrected chi connectivity index (χ3v) is 4.73. The average Bonchev–Trinajstić information content (AvgIpc) is 2.96. The van der Waals surface area contributed by atoms with Crippen molar-refractivity contribution in [2.75, 3.05) is 12.4 Å². The van der Waals surface area contributed by atoms with Crippen LogP contribution in [0.25, 0.3) is 0 Å². The number of carbonyl (C=O) groups excluding carboxylic acids is 1. The van der Waals surface area contributed by atoms with Crippen LogP contribution >= 0.6 is 23.1 Å². The topological polar surface area (TPSA) is 51.2 Å². The van der Waals surface area contributed by atoms with Crippen molar-refractivity contribution >= 4 is 29.0 Å². The summed E-state index contributed by atoms with van der Waals surface area (Å²) in [6.07, 6.45) is -4.38. The van der Waals surface area contributed by atoms with E-state index in [1.165, 1.54) is 23.9 Å². The first-order valence-electron chi connectivity index (χ1n) is 7.36. The second-order valence-electron chi connectivity index (χ2n) is 5.18. The molecule has 0 atom stereocenters. The fraction of sp³-hybridized carbons (Fsp3) is 0.375. The minimum Gasteiger partial charge on any atom is -0.484 e. The maximum absolute atomic E-state index is 12.1. The standard InChI is InChI=1S/C16H17F3N2O2S2/c1-11-21-13(8-25-11)7-24-9-15(22)20-6-12-3-2-4-14(5-12)23-10-16(17,18)19/h2-5,8H,6-7,9-10H2,1H3,(H,20,22). The summed E-state index contributed by atoms with van der Waals surface area (Å²) in [6.45, 7) is 0.825. The van der Waals surface area contributed by atoms with Gasteiger partial charge in [-0.3, -0.25) is 4.79 Å². The van der Waals surface area contributed by atoms with Crippen LogP contribution in [-0.4, -0.2) is 29.4 Å². The minimum atomic E-state index is -4.38. The number of benzene rings is 1. The van der Waals surface area contributed by atoms with Crippen LogP contribution < -0.4 is 10.1 Å². The van der Waals surface area contributed by atoms with E-state index in [0.29, 0.717) is 17.1 Å². The van der Waals surface area contributed by atoms with E-state index in [1.54, 1.807) is 23.5 Å². The molecule has 0 bridgehead atoms. The maximum atomic E-state index is 12.1. The second kappa shape index (κ2) is 9.10. The molecule has 1 aromatic carbocycles.